The molecular weight excluding hydrogens is 692 g/mol. The Bertz CT molecular complexity index is 1500. The quantitative estimate of drug-likeness (QED) is 0.0230. The maximum Gasteiger partial charge on any atom is 0.330 e. The normalized spacial score (nSPS) is 21.4. The van der Waals surface area contributed by atoms with Crippen LogP contribution in [-0.2, 0) is 35.4 Å². The number of phenols is 2. The van der Waals surface area contributed by atoms with E-state index in [1.54, 1.807) is 18.2 Å². The molecule has 1 heterocycles. The number of ether oxygens (including phenoxy) is 4. The molecule has 0 unspecified atom stereocenters. The van der Waals surface area contributed by atoms with Crippen molar-refractivity contribution in [1.82, 2.24) is 0 Å². The predicted molar refractivity (Wildman–Crippen MR) is 175 cm³/mol. The SMILES string of the molecule is COc1cc(C=CC(=O)OCC[N+](C)(C)C)cc(OC)c1O.O=S(=O)([O-])ON=C(Cc1ccc(O)cc1)S[C@@H]1O[C@H](CO)[C@@H](O)[C@H](O)[C@H]1O. The highest BCUT2D eigenvalue weighted by molar-refractivity contribution is 8.14. The Balaban J connectivity index is 0.000000348. The van der Waals surface area contributed by atoms with Gasteiger partial charge in [-0.2, -0.15) is 8.42 Å². The van der Waals surface area contributed by atoms with Crippen molar-refractivity contribution in [1.29, 1.82) is 0 Å². The highest BCUT2D eigenvalue weighted by atomic mass is 32.3. The smallest absolute Gasteiger partial charge is 0.330 e. The zero-order valence-corrected chi connectivity index (χ0v) is 29.0. The fraction of sp³-hybridized carbons (Fsp3) is 0.467. The van der Waals surface area contributed by atoms with Crippen molar-refractivity contribution in [2.45, 2.75) is 36.3 Å². The van der Waals surface area contributed by atoms with Crippen molar-refractivity contribution in [3.63, 3.8) is 0 Å². The molecule has 274 valence electrons. The summed E-state index contributed by atoms with van der Waals surface area (Å²) in [7, 11) is 3.84. The average molecular weight is 735 g/mol. The van der Waals surface area contributed by atoms with Gasteiger partial charge in [-0.25, -0.2) is 4.79 Å². The van der Waals surface area contributed by atoms with Gasteiger partial charge >= 0.3 is 5.97 Å². The number of nitrogens with zero attached hydrogens (tertiary/aromatic N) is 2. The van der Waals surface area contributed by atoms with Crippen LogP contribution in [0.5, 0.6) is 23.0 Å². The lowest BCUT2D eigenvalue weighted by molar-refractivity contribution is -0.870. The first-order valence-electron chi connectivity index (χ1n) is 14.4. The number of aliphatic hydroxyl groups excluding tert-OH is 4. The zero-order valence-electron chi connectivity index (χ0n) is 27.4. The number of benzene rings is 2. The maximum absolute atomic E-state index is 11.7. The molecule has 1 aliphatic heterocycles. The summed E-state index contributed by atoms with van der Waals surface area (Å²) in [5.41, 5.74) is -0.0278. The van der Waals surface area contributed by atoms with E-state index in [2.05, 4.69) is 9.44 Å². The molecular formula is C30H42N2O15S2. The molecule has 2 aromatic rings. The highest BCUT2D eigenvalue weighted by Gasteiger charge is 2.44. The lowest BCUT2D eigenvalue weighted by Gasteiger charge is -2.39. The van der Waals surface area contributed by atoms with Crippen molar-refractivity contribution in [2.24, 2.45) is 5.16 Å². The number of hydrogen-bond donors (Lipinski definition) is 6. The number of likely N-dealkylation sites (N-methyl/N-ethyl adjacent to an activating group) is 1. The summed E-state index contributed by atoms with van der Waals surface area (Å²) in [5, 5.41) is 61.1. The lowest BCUT2D eigenvalue weighted by atomic mass is 10.0. The third-order valence-corrected chi connectivity index (χ3v) is 7.91. The molecule has 0 amide bonds. The molecule has 1 aliphatic rings. The van der Waals surface area contributed by atoms with E-state index >= 15 is 0 Å². The molecule has 2 aromatic carbocycles. The van der Waals surface area contributed by atoms with Crippen molar-refractivity contribution >= 4 is 39.2 Å². The van der Waals surface area contributed by atoms with Gasteiger partial charge in [-0.1, -0.05) is 29.1 Å². The molecule has 0 bridgehead atoms. The molecule has 0 aliphatic carbocycles. The van der Waals surface area contributed by atoms with Crippen molar-refractivity contribution < 1.29 is 76.1 Å². The van der Waals surface area contributed by atoms with Gasteiger partial charge in [0.25, 0.3) is 10.4 Å². The second-order valence-electron chi connectivity index (χ2n) is 11.4. The van der Waals surface area contributed by atoms with Crippen molar-refractivity contribution in [3.8, 4) is 23.0 Å². The van der Waals surface area contributed by atoms with E-state index in [0.717, 1.165) is 11.0 Å². The first-order chi connectivity index (χ1) is 22.9. The van der Waals surface area contributed by atoms with Gasteiger partial charge in [-0.05, 0) is 41.5 Å². The Morgan fingerprint density at radius 3 is 2.12 bits per heavy atom. The van der Waals surface area contributed by atoms with Crippen LogP contribution < -0.4 is 9.47 Å². The van der Waals surface area contributed by atoms with Gasteiger partial charge < -0.3 is 58.6 Å². The summed E-state index contributed by atoms with van der Waals surface area (Å²) in [6.45, 7) is 0.452. The molecule has 6 N–H and O–H groups in total. The average Bonchev–Trinajstić information content (AvgIpc) is 3.03. The number of methoxy groups -OCH3 is 2. The van der Waals surface area contributed by atoms with Crippen LogP contribution in [0.3, 0.4) is 0 Å². The molecule has 0 radical (unpaired) electrons. The third kappa shape index (κ3) is 14.4. The largest absolute Gasteiger partial charge is 0.714 e. The van der Waals surface area contributed by atoms with E-state index in [1.165, 1.54) is 44.6 Å². The number of oxime groups is 1. The third-order valence-electron chi connectivity index (χ3n) is 6.54. The molecule has 0 spiro atoms. The van der Waals surface area contributed by atoms with Crippen molar-refractivity contribution in [3.05, 3.63) is 53.6 Å². The topological polar surface area (TPSA) is 254 Å². The van der Waals surface area contributed by atoms with E-state index in [-0.39, 0.29) is 34.5 Å². The monoisotopic (exact) mass is 734 g/mol. The maximum atomic E-state index is 11.7. The van der Waals surface area contributed by atoms with Gasteiger partial charge in [0.15, 0.2) is 11.5 Å². The number of hydrogen-bond acceptors (Lipinski definition) is 17. The Kier molecular flexibility index (Phi) is 16.0. The van der Waals surface area contributed by atoms with E-state index in [4.69, 9.17) is 18.9 Å². The highest BCUT2D eigenvalue weighted by Crippen LogP contribution is 2.37. The minimum atomic E-state index is -5.13. The fourth-order valence-corrected chi connectivity index (χ4v) is 5.24. The van der Waals surface area contributed by atoms with E-state index in [9.17, 15) is 48.4 Å². The van der Waals surface area contributed by atoms with Gasteiger partial charge in [-0.15, -0.1) is 0 Å². The molecule has 0 saturated carbocycles. The number of esters is 1. The summed E-state index contributed by atoms with van der Waals surface area (Å²) in [6, 6.07) is 8.96. The number of carbonyl (C=O) groups excluding carboxylic acids is 1. The number of carbonyl (C=O) groups is 1. The molecule has 19 heteroatoms. The number of quaternary nitrogens is 1. The van der Waals surface area contributed by atoms with E-state index in [0.29, 0.717) is 29.5 Å². The van der Waals surface area contributed by atoms with Crippen LogP contribution in [0.4, 0.5) is 0 Å². The van der Waals surface area contributed by atoms with Gasteiger partial charge in [0, 0.05) is 12.5 Å². The van der Waals surface area contributed by atoms with Crippen LogP contribution in [-0.4, -0.2) is 144 Å². The van der Waals surface area contributed by atoms with Crippen LogP contribution in [0.25, 0.3) is 6.08 Å². The summed E-state index contributed by atoms with van der Waals surface area (Å²) in [5.74, 6) is 0.0548. The van der Waals surface area contributed by atoms with E-state index in [1.807, 2.05) is 21.1 Å². The summed E-state index contributed by atoms with van der Waals surface area (Å²) in [4.78, 5) is 11.7. The summed E-state index contributed by atoms with van der Waals surface area (Å²) in [6.07, 6.45) is -3.10. The molecule has 17 nitrogen and oxygen atoms in total. The van der Waals surface area contributed by atoms with Crippen LogP contribution in [0.1, 0.15) is 11.1 Å². The van der Waals surface area contributed by atoms with Crippen molar-refractivity contribution in [2.75, 3.05) is 55.1 Å². The minimum Gasteiger partial charge on any atom is -0.714 e. The molecule has 1 fully saturated rings. The Morgan fingerprint density at radius 2 is 1.61 bits per heavy atom. The lowest BCUT2D eigenvalue weighted by Crippen LogP contribution is -2.57. The standard InChI is InChI=1S/C16H23NO5.C14H19NO10S2/c1-17(2,3)8-9-22-15(18)7-6-12-10-13(20-4)16(19)14(11-12)21-5;16-6-9-11(18)12(19)13(20)14(24-9)26-10(15-25-27(21,22)23)5-7-1-3-8(17)4-2-7/h6-7,10-11H,8-9H2,1-5H3;1-4,9,11-14,16-20H,5-6H2,(H,21,22,23)/t;9-,11-,12+,13-,14+/m.1/s1. The van der Waals surface area contributed by atoms with Crippen LogP contribution >= 0.6 is 11.8 Å². The van der Waals surface area contributed by atoms with Crippen LogP contribution in [0.2, 0.25) is 0 Å². The second kappa shape index (κ2) is 18.9. The first-order valence-corrected chi connectivity index (χ1v) is 16.7. The first kappa shape index (κ1) is 41.5. The molecule has 49 heavy (non-hydrogen) atoms. The van der Waals surface area contributed by atoms with Gasteiger partial charge in [0.05, 0.1) is 42.0 Å². The number of aliphatic hydroxyl groups is 4. The zero-order chi connectivity index (χ0) is 36.9. The predicted octanol–water partition coefficient (Wildman–Crippen LogP) is -0.0699. The fourth-order valence-electron chi connectivity index (χ4n) is 3.91. The Morgan fingerprint density at radius 1 is 1.02 bits per heavy atom. The van der Waals surface area contributed by atoms with E-state index < -0.39 is 52.8 Å². The number of phenolic OH excluding ortho intramolecular Hbond substituents is 2. The number of rotatable bonds is 13. The molecule has 1 saturated heterocycles. The van der Waals surface area contributed by atoms with Gasteiger partial charge in [0.1, 0.15) is 53.8 Å². The molecule has 5 atom stereocenters. The Labute approximate surface area is 288 Å². The van der Waals surface area contributed by atoms with Crippen LogP contribution in [0, 0.1) is 0 Å². The summed E-state index contributed by atoms with van der Waals surface area (Å²) >= 11 is 0.643. The minimum absolute atomic E-state index is 0.00258. The summed E-state index contributed by atoms with van der Waals surface area (Å²) < 4.78 is 57.2. The Hall–Kier alpha value is -3.66. The van der Waals surface area contributed by atoms with Gasteiger partial charge in [0.2, 0.25) is 5.75 Å². The molecule has 3 rings (SSSR count). The molecule has 0 aromatic heterocycles. The van der Waals surface area contributed by atoms with Gasteiger partial charge in [-0.3, -0.25) is 4.28 Å². The number of aromatic hydroxyl groups is 2. The van der Waals surface area contributed by atoms with Crippen LogP contribution in [0.15, 0.2) is 47.6 Å². The number of thioether (sulfide) groups is 1. The second-order valence-corrected chi connectivity index (χ2v) is 13.6.